The summed E-state index contributed by atoms with van der Waals surface area (Å²) >= 11 is 3.47. The molecule has 0 unspecified atom stereocenters. The smallest absolute Gasteiger partial charge is 0.0181 e. The molecule has 0 heterocycles. The third-order valence-corrected chi connectivity index (χ3v) is 2.56. The van der Waals surface area contributed by atoms with Crippen LogP contribution < -0.4 is 0 Å². The molecule has 0 aromatic heterocycles. The second-order valence-electron chi connectivity index (χ2n) is 2.94. The normalized spacial score (nSPS) is 10.5. The van der Waals surface area contributed by atoms with Crippen LogP contribution in [0.4, 0.5) is 0 Å². The maximum Gasteiger partial charge on any atom is 0.0181 e. The highest BCUT2D eigenvalue weighted by Crippen LogP contribution is 2.22. The summed E-state index contributed by atoms with van der Waals surface area (Å²) in [6.07, 6.45) is 0. The van der Waals surface area contributed by atoms with Crippen LogP contribution in [0.1, 0.15) is 5.56 Å². The van der Waals surface area contributed by atoms with Crippen molar-refractivity contribution < 1.29 is 0 Å². The summed E-state index contributed by atoms with van der Waals surface area (Å²) < 4.78 is 1.14. The lowest BCUT2D eigenvalue weighted by molar-refractivity contribution is 1.52. The molecule has 0 spiro atoms. The SMILES string of the molecule is Cc1cccc2ccc(Br)cc12. The van der Waals surface area contributed by atoms with Gasteiger partial charge in [-0.2, -0.15) is 0 Å². The Morgan fingerprint density at radius 3 is 2.75 bits per heavy atom. The van der Waals surface area contributed by atoms with Gasteiger partial charge in [-0.3, -0.25) is 0 Å². The Labute approximate surface area is 80.3 Å². The van der Waals surface area contributed by atoms with Gasteiger partial charge in [0.25, 0.3) is 0 Å². The Morgan fingerprint density at radius 1 is 1.08 bits per heavy atom. The molecule has 0 aliphatic heterocycles. The van der Waals surface area contributed by atoms with E-state index in [4.69, 9.17) is 0 Å². The molecular formula is C11H9Br. The van der Waals surface area contributed by atoms with Crippen LogP contribution in [0.25, 0.3) is 10.8 Å². The molecule has 0 aliphatic rings. The van der Waals surface area contributed by atoms with E-state index in [2.05, 4.69) is 59.3 Å². The van der Waals surface area contributed by atoms with Crippen LogP contribution in [0.3, 0.4) is 0 Å². The van der Waals surface area contributed by atoms with Crippen LogP contribution in [-0.4, -0.2) is 0 Å². The summed E-state index contributed by atoms with van der Waals surface area (Å²) in [5.74, 6) is 0. The summed E-state index contributed by atoms with van der Waals surface area (Å²) in [6, 6.07) is 12.7. The van der Waals surface area contributed by atoms with Crippen molar-refractivity contribution in [3.8, 4) is 0 Å². The molecule has 2 aromatic carbocycles. The molecule has 0 radical (unpaired) electrons. The number of halogens is 1. The highest BCUT2D eigenvalue weighted by Gasteiger charge is 1.95. The van der Waals surface area contributed by atoms with Gasteiger partial charge >= 0.3 is 0 Å². The first kappa shape index (κ1) is 7.81. The van der Waals surface area contributed by atoms with Gasteiger partial charge in [0.05, 0.1) is 0 Å². The van der Waals surface area contributed by atoms with Crippen molar-refractivity contribution in [1.29, 1.82) is 0 Å². The fourth-order valence-corrected chi connectivity index (χ4v) is 1.76. The minimum Gasteiger partial charge on any atom is -0.0614 e. The average Bonchev–Trinajstić information content (AvgIpc) is 2.07. The van der Waals surface area contributed by atoms with E-state index in [9.17, 15) is 0 Å². The molecule has 0 fully saturated rings. The van der Waals surface area contributed by atoms with Crippen molar-refractivity contribution in [2.24, 2.45) is 0 Å². The number of hydrogen-bond acceptors (Lipinski definition) is 0. The standard InChI is InChI=1S/C11H9Br/c1-8-3-2-4-9-5-6-10(12)7-11(8)9/h2-7H,1H3. The highest BCUT2D eigenvalue weighted by molar-refractivity contribution is 9.10. The molecule has 0 nitrogen and oxygen atoms in total. The lowest BCUT2D eigenvalue weighted by Crippen LogP contribution is -1.76. The highest BCUT2D eigenvalue weighted by atomic mass is 79.9. The predicted molar refractivity (Wildman–Crippen MR) is 56.4 cm³/mol. The molecule has 1 heteroatoms. The number of fused-ring (bicyclic) bond motifs is 1. The zero-order valence-corrected chi connectivity index (χ0v) is 8.43. The Kier molecular flexibility index (Phi) is 1.89. The Balaban J connectivity index is 2.88. The average molecular weight is 221 g/mol. The van der Waals surface area contributed by atoms with E-state index in [0.717, 1.165) is 4.47 Å². The van der Waals surface area contributed by atoms with Crippen molar-refractivity contribution in [2.45, 2.75) is 6.92 Å². The zero-order chi connectivity index (χ0) is 8.55. The van der Waals surface area contributed by atoms with Gasteiger partial charge < -0.3 is 0 Å². The van der Waals surface area contributed by atoms with Crippen LogP contribution in [0, 0.1) is 6.92 Å². The lowest BCUT2D eigenvalue weighted by atomic mass is 10.1. The Morgan fingerprint density at radius 2 is 1.92 bits per heavy atom. The number of rotatable bonds is 0. The van der Waals surface area contributed by atoms with E-state index >= 15 is 0 Å². The fraction of sp³-hybridized carbons (Fsp3) is 0.0909. The fourth-order valence-electron chi connectivity index (χ4n) is 1.40. The lowest BCUT2D eigenvalue weighted by Gasteiger charge is -2.01. The van der Waals surface area contributed by atoms with Gasteiger partial charge in [-0.05, 0) is 35.4 Å². The Hall–Kier alpha value is -0.820. The summed E-state index contributed by atoms with van der Waals surface area (Å²) in [7, 11) is 0. The van der Waals surface area contributed by atoms with Crippen LogP contribution >= 0.6 is 15.9 Å². The molecular weight excluding hydrogens is 212 g/mol. The molecule has 0 bridgehead atoms. The van der Waals surface area contributed by atoms with Gasteiger partial charge in [0.15, 0.2) is 0 Å². The third kappa shape index (κ3) is 1.25. The van der Waals surface area contributed by atoms with Gasteiger partial charge in [0.1, 0.15) is 0 Å². The zero-order valence-electron chi connectivity index (χ0n) is 6.84. The molecule has 0 aliphatic carbocycles. The molecule has 0 saturated carbocycles. The third-order valence-electron chi connectivity index (χ3n) is 2.06. The van der Waals surface area contributed by atoms with Gasteiger partial charge in [-0.1, -0.05) is 40.2 Å². The summed E-state index contributed by atoms with van der Waals surface area (Å²) in [5, 5.41) is 2.63. The number of hydrogen-bond donors (Lipinski definition) is 0. The number of benzene rings is 2. The topological polar surface area (TPSA) is 0 Å². The van der Waals surface area contributed by atoms with Crippen molar-refractivity contribution in [3.63, 3.8) is 0 Å². The monoisotopic (exact) mass is 220 g/mol. The van der Waals surface area contributed by atoms with Crippen LogP contribution in [-0.2, 0) is 0 Å². The minimum absolute atomic E-state index is 1.14. The first-order valence-corrected chi connectivity index (χ1v) is 4.71. The second kappa shape index (κ2) is 2.91. The molecule has 0 saturated heterocycles. The Bertz CT molecular complexity index is 418. The largest absolute Gasteiger partial charge is 0.0614 e. The van der Waals surface area contributed by atoms with E-state index in [1.54, 1.807) is 0 Å². The molecule has 12 heavy (non-hydrogen) atoms. The molecule has 0 N–H and O–H groups in total. The minimum atomic E-state index is 1.14. The van der Waals surface area contributed by atoms with Gasteiger partial charge in [-0.25, -0.2) is 0 Å². The van der Waals surface area contributed by atoms with Crippen molar-refractivity contribution in [2.75, 3.05) is 0 Å². The van der Waals surface area contributed by atoms with Crippen molar-refractivity contribution in [3.05, 3.63) is 46.4 Å². The summed E-state index contributed by atoms with van der Waals surface area (Å²) in [4.78, 5) is 0. The van der Waals surface area contributed by atoms with E-state index in [0.29, 0.717) is 0 Å². The number of aryl methyl sites for hydroxylation is 1. The van der Waals surface area contributed by atoms with Crippen LogP contribution in [0.5, 0.6) is 0 Å². The first-order chi connectivity index (χ1) is 5.77. The first-order valence-electron chi connectivity index (χ1n) is 3.92. The quantitative estimate of drug-likeness (QED) is 0.632. The van der Waals surface area contributed by atoms with Crippen molar-refractivity contribution >= 4 is 26.7 Å². The molecule has 2 rings (SSSR count). The van der Waals surface area contributed by atoms with Gasteiger partial charge in [-0.15, -0.1) is 0 Å². The van der Waals surface area contributed by atoms with Crippen LogP contribution in [0.15, 0.2) is 40.9 Å². The van der Waals surface area contributed by atoms with Crippen LogP contribution in [0.2, 0.25) is 0 Å². The second-order valence-corrected chi connectivity index (χ2v) is 3.86. The maximum atomic E-state index is 3.47. The van der Waals surface area contributed by atoms with Gasteiger partial charge in [0, 0.05) is 4.47 Å². The molecule has 60 valence electrons. The molecule has 2 aromatic rings. The van der Waals surface area contributed by atoms with Gasteiger partial charge in [0.2, 0.25) is 0 Å². The van der Waals surface area contributed by atoms with E-state index in [1.807, 2.05) is 0 Å². The van der Waals surface area contributed by atoms with E-state index in [-0.39, 0.29) is 0 Å². The van der Waals surface area contributed by atoms with Crippen molar-refractivity contribution in [1.82, 2.24) is 0 Å². The van der Waals surface area contributed by atoms with E-state index in [1.165, 1.54) is 16.3 Å². The molecule has 0 amide bonds. The summed E-state index contributed by atoms with van der Waals surface area (Å²) in [6.45, 7) is 2.13. The maximum absolute atomic E-state index is 3.47. The molecule has 0 atom stereocenters. The predicted octanol–water partition coefficient (Wildman–Crippen LogP) is 3.91. The summed E-state index contributed by atoms with van der Waals surface area (Å²) in [5.41, 5.74) is 1.33. The van der Waals surface area contributed by atoms with E-state index < -0.39 is 0 Å².